The summed E-state index contributed by atoms with van der Waals surface area (Å²) in [6, 6.07) is 23.9. The first kappa shape index (κ1) is 29.0. The van der Waals surface area contributed by atoms with Gasteiger partial charge in [-0.1, -0.05) is 41.4 Å². The predicted octanol–water partition coefficient (Wildman–Crippen LogP) is 6.38. The van der Waals surface area contributed by atoms with Crippen LogP contribution in [0.5, 0.6) is 11.5 Å². The van der Waals surface area contributed by atoms with Crippen molar-refractivity contribution in [3.05, 3.63) is 134 Å². The number of nitro benzene ring substituents is 1. The molecule has 0 spiro atoms. The number of nitrogens with one attached hydrogen (secondary N) is 1. The Morgan fingerprint density at radius 1 is 0.860 bits per heavy atom. The Bertz CT molecular complexity index is 1730. The van der Waals surface area contributed by atoms with Gasteiger partial charge in [0, 0.05) is 22.7 Å². The highest BCUT2D eigenvalue weighted by atomic mass is 35.5. The van der Waals surface area contributed by atoms with Gasteiger partial charge in [-0.2, -0.15) is 0 Å². The Balaban J connectivity index is 1.34. The number of amides is 4. The molecule has 1 heterocycles. The number of barbiturate groups is 1. The van der Waals surface area contributed by atoms with E-state index in [-0.39, 0.29) is 23.6 Å². The molecule has 0 radical (unpaired) electrons. The molecule has 216 valence electrons. The second-order valence-corrected chi connectivity index (χ2v) is 10.1. The second-order valence-electron chi connectivity index (χ2n) is 9.62. The molecule has 0 aliphatic carbocycles. The number of rotatable bonds is 9. The van der Waals surface area contributed by atoms with Crippen molar-refractivity contribution >= 4 is 46.9 Å². The van der Waals surface area contributed by atoms with Gasteiger partial charge in [0.25, 0.3) is 17.5 Å². The summed E-state index contributed by atoms with van der Waals surface area (Å²) in [5.41, 5.74) is 3.00. The van der Waals surface area contributed by atoms with Crippen molar-refractivity contribution in [2.75, 3.05) is 4.90 Å². The number of hydrogen-bond donors (Lipinski definition) is 1. The molecule has 4 aromatic carbocycles. The van der Waals surface area contributed by atoms with Crippen LogP contribution >= 0.6 is 11.6 Å². The van der Waals surface area contributed by atoms with E-state index in [0.717, 1.165) is 16.0 Å². The van der Waals surface area contributed by atoms with Crippen LogP contribution in [0.15, 0.2) is 96.6 Å². The maximum atomic E-state index is 13.5. The predicted molar refractivity (Wildman–Crippen MR) is 160 cm³/mol. The van der Waals surface area contributed by atoms with Gasteiger partial charge in [-0.05, 0) is 78.7 Å². The van der Waals surface area contributed by atoms with Crippen LogP contribution in [0.4, 0.5) is 16.2 Å². The number of anilines is 1. The van der Waals surface area contributed by atoms with Gasteiger partial charge in [-0.3, -0.25) is 25.0 Å². The molecule has 0 aromatic heterocycles. The van der Waals surface area contributed by atoms with E-state index in [1.54, 1.807) is 48.5 Å². The Kier molecular flexibility index (Phi) is 8.49. The van der Waals surface area contributed by atoms with Crippen LogP contribution in [0.2, 0.25) is 5.02 Å². The topological polar surface area (TPSA) is 128 Å². The lowest BCUT2D eigenvalue weighted by atomic mass is 10.1. The van der Waals surface area contributed by atoms with Crippen molar-refractivity contribution in [1.82, 2.24) is 5.32 Å². The quantitative estimate of drug-likeness (QED) is 0.103. The monoisotopic (exact) mass is 597 g/mol. The van der Waals surface area contributed by atoms with Gasteiger partial charge in [0.2, 0.25) is 0 Å². The maximum Gasteiger partial charge on any atom is 0.335 e. The Labute approximate surface area is 251 Å². The van der Waals surface area contributed by atoms with Crippen LogP contribution in [0, 0.1) is 17.0 Å². The molecule has 1 aliphatic rings. The maximum absolute atomic E-state index is 13.5. The Morgan fingerprint density at radius 3 is 2.14 bits per heavy atom. The number of imide groups is 2. The molecule has 43 heavy (non-hydrogen) atoms. The second kappa shape index (κ2) is 12.6. The summed E-state index contributed by atoms with van der Waals surface area (Å²) in [5.74, 6) is -0.863. The molecule has 4 amide bonds. The van der Waals surface area contributed by atoms with Crippen molar-refractivity contribution in [2.24, 2.45) is 0 Å². The number of benzene rings is 4. The van der Waals surface area contributed by atoms with Crippen molar-refractivity contribution in [1.29, 1.82) is 0 Å². The van der Waals surface area contributed by atoms with Crippen LogP contribution < -0.4 is 19.7 Å². The highest BCUT2D eigenvalue weighted by Crippen LogP contribution is 2.29. The van der Waals surface area contributed by atoms with E-state index in [1.165, 1.54) is 24.3 Å². The van der Waals surface area contributed by atoms with Crippen molar-refractivity contribution in [3.63, 3.8) is 0 Å². The highest BCUT2D eigenvalue weighted by molar-refractivity contribution is 6.39. The molecule has 1 aliphatic heterocycles. The molecule has 1 fully saturated rings. The minimum absolute atomic E-state index is 0.0500. The third kappa shape index (κ3) is 6.88. The summed E-state index contributed by atoms with van der Waals surface area (Å²) >= 11 is 6.20. The van der Waals surface area contributed by atoms with E-state index in [2.05, 4.69) is 5.32 Å². The fraction of sp³-hybridized carbons (Fsp3) is 0.0938. The van der Waals surface area contributed by atoms with Gasteiger partial charge in [-0.25, -0.2) is 9.69 Å². The van der Waals surface area contributed by atoms with E-state index in [1.807, 2.05) is 31.2 Å². The van der Waals surface area contributed by atoms with E-state index in [0.29, 0.717) is 34.3 Å². The van der Waals surface area contributed by atoms with Gasteiger partial charge in [-0.15, -0.1) is 0 Å². The summed E-state index contributed by atoms with van der Waals surface area (Å²) in [6.07, 6.45) is 1.30. The standard InChI is InChI=1S/C32H24ClN3O7/c1-20-2-4-21(5-3-20)18-42-27-13-11-25(12-14-27)35-31(38)28(30(37)34-32(35)39)17-23-16-24(33)8-15-29(23)43-19-22-6-9-26(10-7-22)36(40)41/h2-17H,18-19H2,1H3,(H,34,37,39)/b28-17+. The number of aryl methyl sites for hydroxylation is 1. The van der Waals surface area contributed by atoms with Gasteiger partial charge in [0.1, 0.15) is 30.3 Å². The summed E-state index contributed by atoms with van der Waals surface area (Å²) in [6.45, 7) is 2.40. The number of ether oxygens (including phenoxy) is 2. The van der Waals surface area contributed by atoms with Gasteiger partial charge in [0.15, 0.2) is 0 Å². The van der Waals surface area contributed by atoms with Crippen molar-refractivity contribution < 1.29 is 28.8 Å². The number of carbonyl (C=O) groups is 3. The molecule has 10 nitrogen and oxygen atoms in total. The molecular formula is C32H24ClN3O7. The van der Waals surface area contributed by atoms with Crippen molar-refractivity contribution in [3.8, 4) is 11.5 Å². The Morgan fingerprint density at radius 2 is 1.49 bits per heavy atom. The molecule has 1 N–H and O–H groups in total. The third-order valence-electron chi connectivity index (χ3n) is 6.54. The van der Waals surface area contributed by atoms with Crippen LogP contribution in [-0.2, 0) is 22.8 Å². The zero-order valence-electron chi connectivity index (χ0n) is 22.8. The van der Waals surface area contributed by atoms with Crippen LogP contribution in [0.3, 0.4) is 0 Å². The fourth-order valence-corrected chi connectivity index (χ4v) is 4.41. The number of halogens is 1. The average molecular weight is 598 g/mol. The number of non-ortho nitro benzene ring substituents is 1. The van der Waals surface area contributed by atoms with Crippen LogP contribution in [-0.4, -0.2) is 22.8 Å². The van der Waals surface area contributed by atoms with Gasteiger partial charge >= 0.3 is 6.03 Å². The number of carbonyl (C=O) groups excluding carboxylic acids is 3. The zero-order chi connectivity index (χ0) is 30.5. The lowest BCUT2D eigenvalue weighted by molar-refractivity contribution is -0.384. The lowest BCUT2D eigenvalue weighted by Crippen LogP contribution is -2.54. The summed E-state index contributed by atoms with van der Waals surface area (Å²) in [4.78, 5) is 50.2. The molecule has 5 rings (SSSR count). The molecule has 4 aromatic rings. The minimum Gasteiger partial charge on any atom is -0.489 e. The van der Waals surface area contributed by atoms with E-state index >= 15 is 0 Å². The third-order valence-corrected chi connectivity index (χ3v) is 6.77. The largest absolute Gasteiger partial charge is 0.489 e. The summed E-state index contributed by atoms with van der Waals surface area (Å²) < 4.78 is 11.7. The van der Waals surface area contributed by atoms with Gasteiger partial charge < -0.3 is 9.47 Å². The van der Waals surface area contributed by atoms with Gasteiger partial charge in [0.05, 0.1) is 10.6 Å². The minimum atomic E-state index is -0.888. The van der Waals surface area contributed by atoms with E-state index < -0.39 is 22.8 Å². The van der Waals surface area contributed by atoms with Crippen molar-refractivity contribution in [2.45, 2.75) is 20.1 Å². The zero-order valence-corrected chi connectivity index (χ0v) is 23.5. The SMILES string of the molecule is Cc1ccc(COc2ccc(N3C(=O)NC(=O)/C(=C\c4cc(Cl)ccc4OCc4ccc([N+](=O)[O-])cc4)C3=O)cc2)cc1. The first-order valence-corrected chi connectivity index (χ1v) is 13.4. The Hall–Kier alpha value is -5.48. The number of urea groups is 1. The molecule has 0 saturated carbocycles. The molecule has 11 heteroatoms. The van der Waals surface area contributed by atoms with Crippen LogP contribution in [0.25, 0.3) is 6.08 Å². The molecule has 0 bridgehead atoms. The summed E-state index contributed by atoms with van der Waals surface area (Å²) in [5, 5.41) is 13.4. The smallest absolute Gasteiger partial charge is 0.335 e. The fourth-order valence-electron chi connectivity index (χ4n) is 4.23. The molecule has 0 unspecified atom stereocenters. The lowest BCUT2D eigenvalue weighted by Gasteiger charge is -2.26. The van der Waals surface area contributed by atoms with E-state index in [9.17, 15) is 24.5 Å². The number of hydrogen-bond acceptors (Lipinski definition) is 7. The normalized spacial score (nSPS) is 14.0. The number of nitrogens with zero attached hydrogens (tertiary/aromatic N) is 2. The number of nitro groups is 1. The summed E-state index contributed by atoms with van der Waals surface area (Å²) in [7, 11) is 0. The molecular weight excluding hydrogens is 574 g/mol. The highest BCUT2D eigenvalue weighted by Gasteiger charge is 2.37. The van der Waals surface area contributed by atoms with E-state index in [4.69, 9.17) is 21.1 Å². The van der Waals surface area contributed by atoms with Crippen LogP contribution in [0.1, 0.15) is 22.3 Å². The molecule has 0 atom stereocenters. The average Bonchev–Trinajstić information content (AvgIpc) is 2.99. The molecule has 1 saturated heterocycles. The first-order chi connectivity index (χ1) is 20.7. The first-order valence-electron chi connectivity index (χ1n) is 13.0.